The van der Waals surface area contributed by atoms with Crippen LogP contribution in [0.2, 0.25) is 25.7 Å². The van der Waals surface area contributed by atoms with Crippen LogP contribution in [0.25, 0.3) is 0 Å². The van der Waals surface area contributed by atoms with Crippen molar-refractivity contribution in [3.8, 4) is 0 Å². The first-order chi connectivity index (χ1) is 9.71. The number of sulfonamides is 1. The van der Waals surface area contributed by atoms with Gasteiger partial charge in [0.05, 0.1) is 5.69 Å². The van der Waals surface area contributed by atoms with E-state index in [1.54, 1.807) is 24.3 Å². The average Bonchev–Trinajstić information content (AvgIpc) is 2.35. The highest BCUT2D eigenvalue weighted by atomic mass is 32.2. The second-order valence-corrected chi connectivity index (χ2v) is 13.9. The van der Waals surface area contributed by atoms with Crippen LogP contribution < -0.4 is 4.31 Å². The molecule has 0 N–H and O–H groups in total. The Balaban J connectivity index is 2.14. The van der Waals surface area contributed by atoms with Crippen LogP contribution in [0.5, 0.6) is 0 Å². The molecule has 1 aliphatic heterocycles. The maximum Gasteiger partial charge on any atom is 0.244 e. The molecular weight excluding hydrogens is 306 g/mol. The number of carbonyl (C=O) groups excluding carboxylic acids is 1. The third-order valence-corrected chi connectivity index (χ3v) is 6.63. The van der Waals surface area contributed by atoms with Gasteiger partial charge in [-0.15, -0.1) is 14.1 Å². The number of hydrogen-bond donors (Lipinski definition) is 0. The second kappa shape index (κ2) is 5.90. The normalized spacial score (nSPS) is 17.7. The third kappa shape index (κ3) is 3.93. The molecule has 0 unspecified atom stereocenters. The summed E-state index contributed by atoms with van der Waals surface area (Å²) in [6.07, 6.45) is 0. The van der Waals surface area contributed by atoms with Crippen molar-refractivity contribution in [1.29, 1.82) is 0 Å². The van der Waals surface area contributed by atoms with E-state index in [0.29, 0.717) is 17.9 Å². The molecule has 7 heteroatoms. The van der Waals surface area contributed by atoms with Crippen LogP contribution in [0.1, 0.15) is 10.4 Å². The van der Waals surface area contributed by atoms with Gasteiger partial charge in [0.25, 0.3) is 0 Å². The fraction of sp³-hybridized carbons (Fsp3) is 0.500. The molecule has 0 fully saturated rings. The van der Waals surface area contributed by atoms with E-state index in [9.17, 15) is 13.2 Å². The van der Waals surface area contributed by atoms with Gasteiger partial charge in [0.15, 0.2) is 5.78 Å². The lowest BCUT2D eigenvalue weighted by molar-refractivity contribution is 0.101. The molecule has 0 bridgehead atoms. The Morgan fingerprint density at radius 3 is 2.57 bits per heavy atom. The SMILES string of the molecule is C[Si-](C)(C)CCOCN1c2ccccc2C(=O)CS1(=O)=O. The maximum absolute atomic E-state index is 12.2. The second-order valence-electron chi connectivity index (χ2n) is 6.39. The number of para-hydroxylation sites is 1. The number of hydrogen-bond acceptors (Lipinski definition) is 4. The van der Waals surface area contributed by atoms with Crippen molar-refractivity contribution >= 4 is 29.6 Å². The predicted octanol–water partition coefficient (Wildman–Crippen LogP) is 2.33. The van der Waals surface area contributed by atoms with Crippen molar-refractivity contribution < 1.29 is 17.9 Å². The lowest BCUT2D eigenvalue weighted by Gasteiger charge is -2.31. The van der Waals surface area contributed by atoms with Crippen LogP contribution >= 0.6 is 0 Å². The van der Waals surface area contributed by atoms with Gasteiger partial charge in [-0.3, -0.25) is 4.79 Å². The zero-order chi connectivity index (χ0) is 15.7. The number of ether oxygens (including phenoxy) is 1. The van der Waals surface area contributed by atoms with E-state index < -0.39 is 23.9 Å². The highest BCUT2D eigenvalue weighted by molar-refractivity contribution is 7.93. The van der Waals surface area contributed by atoms with Crippen molar-refractivity contribution in [2.45, 2.75) is 25.7 Å². The molecule has 0 radical (unpaired) electrons. The summed E-state index contributed by atoms with van der Waals surface area (Å²) in [7, 11) is -4.84. The fourth-order valence-corrected chi connectivity index (χ4v) is 4.17. The molecule has 117 valence electrons. The quantitative estimate of drug-likeness (QED) is 0.615. The summed E-state index contributed by atoms with van der Waals surface area (Å²) in [5, 5.41) is 0. The van der Waals surface area contributed by atoms with E-state index in [-0.39, 0.29) is 12.5 Å². The van der Waals surface area contributed by atoms with Crippen LogP contribution in [0.4, 0.5) is 5.69 Å². The predicted molar refractivity (Wildman–Crippen MR) is 86.0 cm³/mol. The van der Waals surface area contributed by atoms with Crippen LogP contribution in [0, 0.1) is 0 Å². The van der Waals surface area contributed by atoms with Crippen molar-refractivity contribution in [3.05, 3.63) is 29.8 Å². The van der Waals surface area contributed by atoms with Gasteiger partial charge in [0, 0.05) is 12.2 Å². The van der Waals surface area contributed by atoms with Crippen LogP contribution in [0.15, 0.2) is 24.3 Å². The molecule has 21 heavy (non-hydrogen) atoms. The molecule has 1 aliphatic rings. The Morgan fingerprint density at radius 1 is 1.24 bits per heavy atom. The Hall–Kier alpha value is -1.18. The van der Waals surface area contributed by atoms with Gasteiger partial charge in [0.2, 0.25) is 10.0 Å². The van der Waals surface area contributed by atoms with Gasteiger partial charge in [-0.1, -0.05) is 12.1 Å². The van der Waals surface area contributed by atoms with Gasteiger partial charge < -0.3 is 4.74 Å². The number of benzene rings is 1. The lowest BCUT2D eigenvalue weighted by Crippen LogP contribution is -2.42. The molecule has 5 nitrogen and oxygen atoms in total. The summed E-state index contributed by atoms with van der Waals surface area (Å²) in [5.74, 6) is -0.842. The van der Waals surface area contributed by atoms with Gasteiger partial charge in [-0.2, -0.15) is 19.6 Å². The van der Waals surface area contributed by atoms with E-state index >= 15 is 0 Å². The van der Waals surface area contributed by atoms with Gasteiger partial charge in [-0.25, -0.2) is 12.7 Å². The first-order valence-corrected chi connectivity index (χ1v) is 12.2. The summed E-state index contributed by atoms with van der Waals surface area (Å²) < 4.78 is 31.1. The van der Waals surface area contributed by atoms with Crippen LogP contribution in [-0.4, -0.2) is 41.4 Å². The Morgan fingerprint density at radius 2 is 1.90 bits per heavy atom. The maximum atomic E-state index is 12.2. The minimum Gasteiger partial charge on any atom is -0.363 e. The van der Waals surface area contributed by atoms with Crippen molar-refractivity contribution in [2.75, 3.05) is 23.4 Å². The molecule has 0 atom stereocenters. The number of ketones is 1. The number of carbonyl (C=O) groups is 1. The van der Waals surface area contributed by atoms with Gasteiger partial charge in [-0.05, 0) is 12.1 Å². The summed E-state index contributed by atoms with van der Waals surface area (Å²) in [6.45, 7) is 7.22. The summed E-state index contributed by atoms with van der Waals surface area (Å²) in [4.78, 5) is 11.9. The van der Waals surface area contributed by atoms with Gasteiger partial charge >= 0.3 is 0 Å². The number of Topliss-reactive ketones (excluding diaryl/α,β-unsaturated/α-hetero) is 1. The van der Waals surface area contributed by atoms with E-state index in [1.165, 1.54) is 4.31 Å². The standard InChI is InChI=1S/C14H21NO4SSi/c1-21(2,3)9-8-19-11-15-13-7-5-4-6-12(13)14(16)10-20(15,17)18/h4-7H,8-11H2,1-3H3/q-1. The van der Waals surface area contributed by atoms with E-state index in [2.05, 4.69) is 19.6 Å². The Kier molecular flexibility index (Phi) is 4.55. The fourth-order valence-electron chi connectivity index (χ4n) is 2.07. The average molecular weight is 327 g/mol. The van der Waals surface area contributed by atoms with Gasteiger partial charge in [0.1, 0.15) is 12.5 Å². The highest BCUT2D eigenvalue weighted by Gasteiger charge is 2.34. The van der Waals surface area contributed by atoms with Crippen LogP contribution in [0.3, 0.4) is 0 Å². The van der Waals surface area contributed by atoms with Crippen molar-refractivity contribution in [1.82, 2.24) is 0 Å². The number of fused-ring (bicyclic) bond motifs is 1. The molecule has 2 rings (SSSR count). The summed E-state index contributed by atoms with van der Waals surface area (Å²) in [5.41, 5.74) is 0.864. The minimum absolute atomic E-state index is 0.0306. The number of anilines is 1. The summed E-state index contributed by atoms with van der Waals surface area (Å²) in [6, 6.07) is 7.73. The monoisotopic (exact) mass is 327 g/mol. The van der Waals surface area contributed by atoms with E-state index in [4.69, 9.17) is 4.74 Å². The molecule has 0 spiro atoms. The zero-order valence-electron chi connectivity index (χ0n) is 12.6. The molecular formula is C14H21NO4SSi-. The lowest BCUT2D eigenvalue weighted by atomic mass is 10.1. The smallest absolute Gasteiger partial charge is 0.244 e. The topological polar surface area (TPSA) is 63.7 Å². The largest absolute Gasteiger partial charge is 0.363 e. The Labute approximate surface area is 127 Å². The van der Waals surface area contributed by atoms with Crippen molar-refractivity contribution in [2.24, 2.45) is 0 Å². The first-order valence-electron chi connectivity index (χ1n) is 6.91. The first kappa shape index (κ1) is 16.2. The molecule has 0 aromatic heterocycles. The molecule has 0 amide bonds. The molecule has 1 aromatic carbocycles. The number of rotatable bonds is 5. The molecule has 1 heterocycles. The highest BCUT2D eigenvalue weighted by Crippen LogP contribution is 2.29. The molecule has 0 saturated heterocycles. The zero-order valence-corrected chi connectivity index (χ0v) is 14.4. The summed E-state index contributed by atoms with van der Waals surface area (Å²) >= 11 is 0. The van der Waals surface area contributed by atoms with Crippen molar-refractivity contribution in [3.63, 3.8) is 0 Å². The molecule has 0 saturated carbocycles. The molecule has 1 aromatic rings. The van der Waals surface area contributed by atoms with Crippen LogP contribution in [-0.2, 0) is 14.8 Å². The Bertz CT molecular complexity index is 637. The van der Waals surface area contributed by atoms with E-state index in [1.807, 2.05) is 0 Å². The third-order valence-electron chi connectivity index (χ3n) is 3.33. The minimum atomic E-state index is -3.63. The number of nitrogens with zero attached hydrogens (tertiary/aromatic N) is 1. The molecule has 0 aliphatic carbocycles. The van der Waals surface area contributed by atoms with E-state index in [0.717, 1.165) is 6.04 Å².